The van der Waals surface area contributed by atoms with E-state index in [9.17, 15) is 26.3 Å². The number of aromatic amines is 5. The number of aromatic nitrogens is 25. The van der Waals surface area contributed by atoms with Gasteiger partial charge in [-0.25, -0.2) is 49.8 Å². The van der Waals surface area contributed by atoms with Crippen molar-refractivity contribution in [2.24, 2.45) is 47.1 Å². The molecule has 4 aliphatic heterocycles. The molecule has 0 bridgehead atoms. The Morgan fingerprint density at radius 1 is 0.336 bits per heavy atom. The number of morpholine rings is 1. The van der Waals surface area contributed by atoms with Gasteiger partial charge in [-0.3, -0.25) is 28.3 Å². The number of nitrogens with one attached hydrogen (secondary N) is 7. The van der Waals surface area contributed by atoms with Crippen molar-refractivity contribution in [3.05, 3.63) is 211 Å². The second kappa shape index (κ2) is 42.4. The van der Waals surface area contributed by atoms with E-state index >= 15 is 0 Å². The minimum atomic E-state index is 0.487. The van der Waals surface area contributed by atoms with Gasteiger partial charge in [-0.2, -0.15) is 51.8 Å². The summed E-state index contributed by atoms with van der Waals surface area (Å²) in [6.45, 7) is 16.6. The number of aryl methyl sites for hydroxylation is 8. The standard InChI is InChI=1S/C23H25N7.C22H23N7O.C22H23N7.C21H21N7.C19H19N7/c1-3-30-6-4-15(5-7-30)8-18-20(10-24)25-13-21-22(18)19-9-16(11-26-23(19)28-21)17-12-27-29(2)14-17;1-28-14-16(12-26-28)15-9-18-21-17(3-2-4-29-5-7-30-8-6-29)19(10-23)24-13-20(21)27-22(18)25-11-15;1-28-14-16(12-26-28)15-9-18-21-17(5-4-8-29-6-2-3-7-29)19(10-23)24-13-20(21)27-22(18)25-11-15;1-28-12-15(10-26-28)14-7-17-20-16(6-13-2-4-23-5-3-13)18(8-22)24-11-19(20)27-21(17)25-9-14;1-21-5-3-4-14-16(7-20)22-10-17-18(14)15-6-12(8-23-19(15)25-17)13-9-24-26(2)11-13/h9,11-15H,3-8H2,1-2H3,(H,26,28);9,11-14H,2-8H2,1H3,(H,25,27);9,11-14H,2-8H2,1H3,(H,25,27);7,9-13,23H,2-6H2,1H3,(H,25,27);6,8-11,21H,3-5H2,1-2H3,(H,23,25). The molecule has 36 nitrogen and oxygen atoms in total. The van der Waals surface area contributed by atoms with Gasteiger partial charge in [0, 0.05) is 220 Å². The number of rotatable bonds is 22. The summed E-state index contributed by atoms with van der Waals surface area (Å²) in [6.07, 6.45) is 51.4. The van der Waals surface area contributed by atoms with Crippen LogP contribution in [0.15, 0.2) is 154 Å². The SMILES string of the molecule is CCN1CCC(Cc2c(C#N)ncc3[nH]c4ncc(-c5cnn(C)c5)cc4c23)CC1.CNCCCc1c(C#N)ncc2[nH]c3ncc(-c4cnn(C)c4)cc3c12.Cn1cc(-c2cnc3[nH]c4cnc(C#N)c(CC5CCNCC5)c4c3c2)cn1.Cn1cc(-c2cnc3[nH]c4cnc(C#N)c(CCCN5CCCC5)c4c3c2)cn1.Cn1cc(-c2cnc3[nH]c4cnc(C#N)c(CCCN5CCOCC5)c4c3c2)cn1. The number of H-pyrrole nitrogens is 5. The van der Waals surface area contributed by atoms with Gasteiger partial charge in [-0.05, 0) is 232 Å². The predicted octanol–water partition coefficient (Wildman–Crippen LogP) is 15.2. The average molecular weight is 1900 g/mol. The largest absolute Gasteiger partial charge is 0.379 e. The first-order valence-corrected chi connectivity index (χ1v) is 49.1. The molecule has 4 saturated heterocycles. The zero-order valence-electron chi connectivity index (χ0n) is 81.3. The van der Waals surface area contributed by atoms with Crippen molar-refractivity contribution in [2.45, 2.75) is 96.8 Å². The lowest BCUT2D eigenvalue weighted by molar-refractivity contribution is 0.0375. The number of pyridine rings is 10. The lowest BCUT2D eigenvalue weighted by Crippen LogP contribution is -2.36. The number of piperidine rings is 2. The molecular weight excluding hydrogens is 1790 g/mol. The normalized spacial score (nSPS) is 14.5. The van der Waals surface area contributed by atoms with Gasteiger partial charge in [0.15, 0.2) is 0 Å². The molecule has 0 amide bonds. The van der Waals surface area contributed by atoms with Gasteiger partial charge >= 0.3 is 0 Å². The molecule has 7 N–H and O–H groups in total. The van der Waals surface area contributed by atoms with Crippen molar-refractivity contribution in [1.29, 1.82) is 26.3 Å². The highest BCUT2D eigenvalue weighted by molar-refractivity contribution is 6.13. The van der Waals surface area contributed by atoms with E-state index in [4.69, 9.17) is 4.74 Å². The fraction of sp³-hybridized carbons (Fsp3) is 0.346. The molecule has 0 saturated carbocycles. The van der Waals surface area contributed by atoms with Crippen LogP contribution in [-0.4, -0.2) is 237 Å². The van der Waals surface area contributed by atoms with Crippen molar-refractivity contribution in [2.75, 3.05) is 98.8 Å². The number of hydrogen-bond donors (Lipinski definition) is 7. The van der Waals surface area contributed by atoms with E-state index in [1.54, 1.807) is 54.4 Å². The fourth-order valence-electron chi connectivity index (χ4n) is 20.8. The lowest BCUT2D eigenvalue weighted by atomic mass is 9.88. The van der Waals surface area contributed by atoms with Gasteiger partial charge in [-0.1, -0.05) is 6.92 Å². The molecule has 0 radical (unpaired) electrons. The molecule has 0 spiro atoms. The molecule has 24 heterocycles. The molecule has 20 aromatic heterocycles. The molecule has 0 aliphatic carbocycles. The van der Waals surface area contributed by atoms with Crippen molar-refractivity contribution in [3.63, 3.8) is 0 Å². The molecule has 0 atom stereocenters. The zero-order valence-corrected chi connectivity index (χ0v) is 81.3. The van der Waals surface area contributed by atoms with Gasteiger partial charge in [0.2, 0.25) is 0 Å². The summed E-state index contributed by atoms with van der Waals surface area (Å²) in [5, 5.41) is 86.7. The van der Waals surface area contributed by atoms with Crippen LogP contribution in [0.5, 0.6) is 0 Å². The van der Waals surface area contributed by atoms with Crippen LogP contribution in [0.4, 0.5) is 0 Å². The predicted molar refractivity (Wildman–Crippen MR) is 551 cm³/mol. The minimum absolute atomic E-state index is 0.487. The topological polar surface area (TPSA) is 459 Å². The lowest BCUT2D eigenvalue weighted by Gasteiger charge is -2.31. The highest BCUT2D eigenvalue weighted by Crippen LogP contribution is 2.41. The Balaban J connectivity index is 0.000000109. The van der Waals surface area contributed by atoms with Crippen molar-refractivity contribution < 1.29 is 4.74 Å². The monoisotopic (exact) mass is 1900 g/mol. The Hall–Kier alpha value is -16.2. The summed E-state index contributed by atoms with van der Waals surface area (Å²) in [5.41, 5.74) is 26.6. The molecule has 720 valence electrons. The Morgan fingerprint density at radius 2 is 0.622 bits per heavy atom. The van der Waals surface area contributed by atoms with Gasteiger partial charge in [-0.15, -0.1) is 0 Å². The molecule has 4 fully saturated rings. The summed E-state index contributed by atoms with van der Waals surface area (Å²) < 4.78 is 14.4. The van der Waals surface area contributed by atoms with E-state index < -0.39 is 0 Å². The summed E-state index contributed by atoms with van der Waals surface area (Å²) in [4.78, 5) is 69.4. The quantitative estimate of drug-likeness (QED) is 0.0310. The van der Waals surface area contributed by atoms with Gasteiger partial charge in [0.1, 0.15) is 87.1 Å². The van der Waals surface area contributed by atoms with Crippen LogP contribution in [0, 0.1) is 68.5 Å². The van der Waals surface area contributed by atoms with Crippen molar-refractivity contribution in [3.8, 4) is 86.0 Å². The Morgan fingerprint density at radius 3 is 0.909 bits per heavy atom. The maximum Gasteiger partial charge on any atom is 0.144 e. The Kier molecular flexibility index (Phi) is 28.0. The molecule has 20 aromatic rings. The van der Waals surface area contributed by atoms with Crippen LogP contribution < -0.4 is 10.6 Å². The third-order valence-corrected chi connectivity index (χ3v) is 28.2. The number of ether oxygens (including phenoxy) is 1. The van der Waals surface area contributed by atoms with Crippen LogP contribution in [0.2, 0.25) is 0 Å². The van der Waals surface area contributed by atoms with Crippen LogP contribution >= 0.6 is 0 Å². The number of nitriles is 5. The van der Waals surface area contributed by atoms with E-state index in [0.717, 1.165) is 349 Å². The third kappa shape index (κ3) is 20.2. The van der Waals surface area contributed by atoms with Gasteiger partial charge in [0.25, 0.3) is 0 Å². The molecule has 143 heavy (non-hydrogen) atoms. The molecular formula is C107H111N35O. The average Bonchev–Trinajstić information content (AvgIpc) is 1.63. The summed E-state index contributed by atoms with van der Waals surface area (Å²) in [7, 11) is 11.5. The molecule has 24 rings (SSSR count). The molecule has 0 aromatic carbocycles. The maximum absolute atomic E-state index is 9.77. The first-order chi connectivity index (χ1) is 70.0. The number of likely N-dealkylation sites (tertiary alicyclic amines) is 2. The van der Waals surface area contributed by atoms with Crippen LogP contribution in [0.1, 0.15) is 121 Å². The smallest absolute Gasteiger partial charge is 0.144 e. The highest BCUT2D eigenvalue weighted by Gasteiger charge is 2.28. The zero-order chi connectivity index (χ0) is 98.1. The van der Waals surface area contributed by atoms with Crippen molar-refractivity contribution in [1.82, 2.24) is 149 Å². The minimum Gasteiger partial charge on any atom is -0.379 e. The first-order valence-electron chi connectivity index (χ1n) is 49.1. The number of fused-ring (bicyclic) bond motifs is 15. The number of hydrogen-bond acceptors (Lipinski definition) is 26. The van der Waals surface area contributed by atoms with E-state index in [0.29, 0.717) is 40.3 Å². The van der Waals surface area contributed by atoms with E-state index in [1.807, 2.05) is 135 Å². The summed E-state index contributed by atoms with van der Waals surface area (Å²) in [5.74, 6) is 1.15. The Bertz CT molecular complexity index is 8290. The van der Waals surface area contributed by atoms with Crippen LogP contribution in [0.25, 0.3) is 165 Å². The number of nitrogens with zero attached hydrogens (tertiary/aromatic N) is 28. The second-order valence-corrected chi connectivity index (χ2v) is 37.6. The van der Waals surface area contributed by atoms with Crippen LogP contribution in [-0.2, 0) is 72.1 Å². The maximum atomic E-state index is 9.77. The Labute approximate surface area is 824 Å². The van der Waals surface area contributed by atoms with Gasteiger partial charge in [0.05, 0.1) is 103 Å². The summed E-state index contributed by atoms with van der Waals surface area (Å²) in [6, 6.07) is 22.1. The second-order valence-electron chi connectivity index (χ2n) is 37.6. The molecule has 36 heteroatoms. The van der Waals surface area contributed by atoms with E-state index in [2.05, 4.69) is 193 Å². The van der Waals surface area contributed by atoms with Crippen molar-refractivity contribution >= 4 is 110 Å². The highest BCUT2D eigenvalue weighted by atomic mass is 16.5. The fourth-order valence-corrected chi connectivity index (χ4v) is 20.8. The van der Waals surface area contributed by atoms with Crippen LogP contribution in [0.3, 0.4) is 0 Å². The summed E-state index contributed by atoms with van der Waals surface area (Å²) >= 11 is 0. The molecule has 4 aliphatic rings. The third-order valence-electron chi connectivity index (χ3n) is 28.2. The van der Waals surface area contributed by atoms with E-state index in [1.165, 1.54) is 25.9 Å². The van der Waals surface area contributed by atoms with E-state index in [-0.39, 0.29) is 0 Å². The van der Waals surface area contributed by atoms with Gasteiger partial charge < -0.3 is 50.1 Å². The molecule has 0 unspecified atom stereocenters. The first kappa shape index (κ1) is 94.4.